The van der Waals surface area contributed by atoms with E-state index in [4.69, 9.17) is 5.90 Å². The van der Waals surface area contributed by atoms with Gasteiger partial charge in [0.2, 0.25) is 0 Å². The molecule has 0 aromatic carbocycles. The highest BCUT2D eigenvalue weighted by Crippen LogP contribution is 1.91. The molecule has 3 nitrogen and oxygen atoms in total. The lowest BCUT2D eigenvalue weighted by atomic mass is 10.3. The molecule has 4 N–H and O–H groups in total. The van der Waals surface area contributed by atoms with Gasteiger partial charge >= 0.3 is 0 Å². The molecule has 0 unspecified atom stereocenters. The van der Waals surface area contributed by atoms with E-state index in [1.807, 2.05) is 0 Å². The van der Waals surface area contributed by atoms with E-state index >= 15 is 0 Å². The highest BCUT2D eigenvalue weighted by atomic mass is 16.6. The second-order valence-corrected chi connectivity index (χ2v) is 1.58. The van der Waals surface area contributed by atoms with Gasteiger partial charge in [-0.15, -0.1) is 0 Å². The predicted molar refractivity (Wildman–Crippen MR) is 33.3 cm³/mol. The van der Waals surface area contributed by atoms with E-state index in [0.29, 0.717) is 6.61 Å². The van der Waals surface area contributed by atoms with Crippen molar-refractivity contribution in [3.05, 3.63) is 0 Å². The van der Waals surface area contributed by atoms with Crippen molar-refractivity contribution in [3.8, 4) is 0 Å². The molecule has 0 amide bonds. The van der Waals surface area contributed by atoms with E-state index in [1.165, 1.54) is 12.8 Å². The fourth-order valence-electron chi connectivity index (χ4n) is 0.435. The Morgan fingerprint density at radius 1 is 1.38 bits per heavy atom. The molecule has 0 heterocycles. The summed E-state index contributed by atoms with van der Waals surface area (Å²) in [4.78, 5) is 4.34. The van der Waals surface area contributed by atoms with Gasteiger partial charge in [-0.25, -0.2) is 5.90 Å². The molecule has 0 aliphatic carbocycles. The van der Waals surface area contributed by atoms with Gasteiger partial charge in [0, 0.05) is 0 Å². The van der Waals surface area contributed by atoms with E-state index in [0.717, 1.165) is 6.42 Å². The predicted octanol–water partition coefficient (Wildman–Crippen LogP) is 0.242. The van der Waals surface area contributed by atoms with Crippen LogP contribution in [0.1, 0.15) is 26.2 Å². The summed E-state index contributed by atoms with van der Waals surface area (Å²) in [5, 5.41) is 0. The number of hydrogen-bond acceptors (Lipinski definition) is 2. The second kappa shape index (κ2) is 9.99. The number of rotatable bonds is 4. The molecule has 8 heavy (non-hydrogen) atoms. The Bertz CT molecular complexity index is 29.6. The van der Waals surface area contributed by atoms with Crippen molar-refractivity contribution in [2.24, 2.45) is 5.90 Å². The average Bonchev–Trinajstić information content (AvgIpc) is 1.69. The van der Waals surface area contributed by atoms with Crippen molar-refractivity contribution in [1.82, 2.24) is 0 Å². The van der Waals surface area contributed by atoms with E-state index in [-0.39, 0.29) is 5.48 Å². The summed E-state index contributed by atoms with van der Waals surface area (Å²) in [6.07, 6.45) is 3.54. The van der Waals surface area contributed by atoms with Crippen molar-refractivity contribution in [3.63, 3.8) is 0 Å². The Hall–Kier alpha value is -0.120. The molecule has 0 bridgehead atoms. The molecule has 0 aromatic heterocycles. The van der Waals surface area contributed by atoms with Crippen LogP contribution in [0.15, 0.2) is 0 Å². The largest absolute Gasteiger partial charge is 0.412 e. The molecule has 0 fully saturated rings. The van der Waals surface area contributed by atoms with Crippen LogP contribution in [0.25, 0.3) is 0 Å². The Kier molecular flexibility index (Phi) is 13.5. The summed E-state index contributed by atoms with van der Waals surface area (Å²) in [5.41, 5.74) is 0. The topological polar surface area (TPSA) is 66.8 Å². The molecule has 0 saturated carbocycles. The van der Waals surface area contributed by atoms with E-state index in [2.05, 4.69) is 11.8 Å². The summed E-state index contributed by atoms with van der Waals surface area (Å²) < 4.78 is 0. The lowest BCUT2D eigenvalue weighted by Gasteiger charge is -1.92. The molecule has 0 radical (unpaired) electrons. The van der Waals surface area contributed by atoms with Gasteiger partial charge in [-0.2, -0.15) is 0 Å². The summed E-state index contributed by atoms with van der Waals surface area (Å²) >= 11 is 0. The lowest BCUT2D eigenvalue weighted by molar-refractivity contribution is 0.134. The van der Waals surface area contributed by atoms with Gasteiger partial charge in [0.15, 0.2) is 0 Å². The van der Waals surface area contributed by atoms with E-state index in [1.54, 1.807) is 0 Å². The minimum atomic E-state index is 0. The number of nitrogens with two attached hydrogens (primary N) is 1. The van der Waals surface area contributed by atoms with Crippen LogP contribution in [0.4, 0.5) is 0 Å². The van der Waals surface area contributed by atoms with Crippen LogP contribution in [0.2, 0.25) is 0 Å². The number of hydrogen-bond donors (Lipinski definition) is 1. The molecule has 0 atom stereocenters. The monoisotopic (exact) mass is 121 g/mol. The third-order valence-corrected chi connectivity index (χ3v) is 0.866. The van der Waals surface area contributed by atoms with E-state index < -0.39 is 0 Å². The van der Waals surface area contributed by atoms with Crippen molar-refractivity contribution in [2.75, 3.05) is 6.61 Å². The zero-order valence-electron chi connectivity index (χ0n) is 5.31. The van der Waals surface area contributed by atoms with Gasteiger partial charge in [0.1, 0.15) is 0 Å². The molecular formula is C5H15NO2. The molecular weight excluding hydrogens is 106 g/mol. The Morgan fingerprint density at radius 3 is 2.38 bits per heavy atom. The van der Waals surface area contributed by atoms with Crippen LogP contribution in [-0.2, 0) is 4.84 Å². The third-order valence-electron chi connectivity index (χ3n) is 0.866. The molecule has 3 heteroatoms. The molecule has 52 valence electrons. The zero-order chi connectivity index (χ0) is 5.54. The maximum absolute atomic E-state index is 4.77. The van der Waals surface area contributed by atoms with Crippen LogP contribution < -0.4 is 5.90 Å². The van der Waals surface area contributed by atoms with Crippen molar-refractivity contribution >= 4 is 0 Å². The fourth-order valence-corrected chi connectivity index (χ4v) is 0.435. The first kappa shape index (κ1) is 10.8. The van der Waals surface area contributed by atoms with Gasteiger partial charge in [-0.1, -0.05) is 19.8 Å². The lowest BCUT2D eigenvalue weighted by Crippen LogP contribution is -1.99. The average molecular weight is 121 g/mol. The van der Waals surface area contributed by atoms with Gasteiger partial charge in [0.05, 0.1) is 6.61 Å². The van der Waals surface area contributed by atoms with Crippen LogP contribution in [0.5, 0.6) is 0 Å². The first-order valence-corrected chi connectivity index (χ1v) is 2.73. The van der Waals surface area contributed by atoms with Crippen LogP contribution in [-0.4, -0.2) is 12.1 Å². The first-order valence-electron chi connectivity index (χ1n) is 2.73. The second-order valence-electron chi connectivity index (χ2n) is 1.58. The third kappa shape index (κ3) is 9.30. The molecule has 0 spiro atoms. The minimum Gasteiger partial charge on any atom is -0.412 e. The molecule has 0 aromatic rings. The quantitative estimate of drug-likeness (QED) is 0.427. The summed E-state index contributed by atoms with van der Waals surface area (Å²) in [5.74, 6) is 4.77. The van der Waals surface area contributed by atoms with Crippen LogP contribution in [0.3, 0.4) is 0 Å². The Labute approximate surface area is 50.1 Å². The van der Waals surface area contributed by atoms with Crippen LogP contribution in [0, 0.1) is 0 Å². The van der Waals surface area contributed by atoms with Crippen LogP contribution >= 0.6 is 0 Å². The Morgan fingerprint density at radius 2 is 2.00 bits per heavy atom. The fraction of sp³-hybridized carbons (Fsp3) is 1.00. The maximum Gasteiger partial charge on any atom is 0.0679 e. The SMILES string of the molecule is CCCCCON.O. The normalized spacial score (nSPS) is 8.25. The molecule has 0 rings (SSSR count). The highest BCUT2D eigenvalue weighted by Gasteiger charge is 1.80. The van der Waals surface area contributed by atoms with Gasteiger partial charge in [0.25, 0.3) is 0 Å². The zero-order valence-corrected chi connectivity index (χ0v) is 5.31. The maximum atomic E-state index is 4.77. The van der Waals surface area contributed by atoms with Crippen molar-refractivity contribution in [2.45, 2.75) is 26.2 Å². The van der Waals surface area contributed by atoms with Crippen molar-refractivity contribution in [1.29, 1.82) is 0 Å². The standard InChI is InChI=1S/C5H13NO.H2O/c1-2-3-4-5-7-6;/h2-6H2,1H3;1H2. The van der Waals surface area contributed by atoms with Gasteiger partial charge in [-0.05, 0) is 6.42 Å². The van der Waals surface area contributed by atoms with Gasteiger partial charge in [-0.3, -0.25) is 0 Å². The smallest absolute Gasteiger partial charge is 0.0679 e. The Balaban J connectivity index is 0. The number of unbranched alkanes of at least 4 members (excludes halogenated alkanes) is 2. The molecule has 0 saturated heterocycles. The first-order chi connectivity index (χ1) is 3.41. The van der Waals surface area contributed by atoms with Crippen molar-refractivity contribution < 1.29 is 10.3 Å². The van der Waals surface area contributed by atoms with E-state index in [9.17, 15) is 0 Å². The summed E-state index contributed by atoms with van der Waals surface area (Å²) in [6.45, 7) is 2.85. The minimum absolute atomic E-state index is 0. The summed E-state index contributed by atoms with van der Waals surface area (Å²) in [6, 6.07) is 0. The molecule has 0 aliphatic rings. The highest BCUT2D eigenvalue weighted by molar-refractivity contribution is 4.32. The summed E-state index contributed by atoms with van der Waals surface area (Å²) in [7, 11) is 0. The molecule has 0 aliphatic heterocycles. The van der Waals surface area contributed by atoms with Gasteiger partial charge < -0.3 is 10.3 Å².